The summed E-state index contributed by atoms with van der Waals surface area (Å²) in [5, 5.41) is 22.0. The highest BCUT2D eigenvalue weighted by Gasteiger charge is 2.27. The van der Waals surface area contributed by atoms with Gasteiger partial charge in [-0.25, -0.2) is 9.59 Å². The summed E-state index contributed by atoms with van der Waals surface area (Å²) < 4.78 is 6.68. The van der Waals surface area contributed by atoms with Gasteiger partial charge in [-0.3, -0.25) is 14.4 Å². The molecule has 2 heterocycles. The maximum Gasteiger partial charge on any atom is 0.338 e. The van der Waals surface area contributed by atoms with E-state index in [2.05, 4.69) is 41.7 Å². The fraction of sp³-hybridized carbons (Fsp3) is 0.314. The second-order valence-corrected chi connectivity index (χ2v) is 13.5. The van der Waals surface area contributed by atoms with Crippen LogP contribution in [-0.2, 0) is 25.5 Å². The van der Waals surface area contributed by atoms with Crippen LogP contribution in [0.1, 0.15) is 36.7 Å². The van der Waals surface area contributed by atoms with Gasteiger partial charge in [0.05, 0.1) is 16.9 Å². The van der Waals surface area contributed by atoms with Crippen molar-refractivity contribution in [1.29, 1.82) is 0 Å². The standard InChI is InChI=1S/C35H39ClN10O6/c1-35(2,3)52-33(50)23-7-12-25(13-8-23)38-30(47)28(19-22-5-10-26(11-6-22)39-34(51)45-17-15-44(4)16-18-45)41-32(49)31(48)40-27-20-24(36)9-14-29(27)46-21-37-42-43-46/h5-14,20-21,28H,15-19H2,1-4H3,(H,38,47)(H,39,51)(H,40,48)(H,41,49)/t28-/m0/s1. The third-order valence-corrected chi connectivity index (χ3v) is 8.09. The highest BCUT2D eigenvalue weighted by Crippen LogP contribution is 2.24. The Hall–Kier alpha value is -5.87. The molecule has 1 aromatic heterocycles. The van der Waals surface area contributed by atoms with Gasteiger partial charge in [0.15, 0.2) is 0 Å². The number of halogens is 1. The minimum Gasteiger partial charge on any atom is -0.456 e. The number of rotatable bonds is 9. The molecule has 5 rings (SSSR count). The van der Waals surface area contributed by atoms with E-state index in [-0.39, 0.29) is 28.7 Å². The monoisotopic (exact) mass is 730 g/mol. The fourth-order valence-corrected chi connectivity index (χ4v) is 5.29. The van der Waals surface area contributed by atoms with Crippen molar-refractivity contribution >= 4 is 58.4 Å². The summed E-state index contributed by atoms with van der Waals surface area (Å²) in [5.74, 6) is -3.32. The first kappa shape index (κ1) is 37.4. The van der Waals surface area contributed by atoms with E-state index in [1.54, 1.807) is 62.1 Å². The van der Waals surface area contributed by atoms with Gasteiger partial charge in [-0.1, -0.05) is 23.7 Å². The van der Waals surface area contributed by atoms with Crippen LogP contribution < -0.4 is 21.3 Å². The maximum atomic E-state index is 13.6. The molecular weight excluding hydrogens is 692 g/mol. The molecule has 0 saturated carbocycles. The van der Waals surface area contributed by atoms with Gasteiger partial charge >= 0.3 is 23.8 Å². The normalized spacial score (nSPS) is 13.8. The number of anilines is 3. The number of nitrogens with one attached hydrogen (secondary N) is 4. The Labute approximate surface area is 304 Å². The number of piperazine rings is 1. The molecule has 4 N–H and O–H groups in total. The van der Waals surface area contributed by atoms with Crippen molar-refractivity contribution in [3.8, 4) is 5.69 Å². The number of amides is 5. The lowest BCUT2D eigenvalue weighted by molar-refractivity contribution is -0.137. The molecule has 52 heavy (non-hydrogen) atoms. The third kappa shape index (κ3) is 10.3. The number of hydrogen-bond donors (Lipinski definition) is 4. The molecule has 0 spiro atoms. The van der Waals surface area contributed by atoms with E-state index >= 15 is 0 Å². The van der Waals surface area contributed by atoms with E-state index < -0.39 is 35.3 Å². The molecule has 0 aliphatic carbocycles. The number of nitrogens with zero attached hydrogens (tertiary/aromatic N) is 6. The number of tetrazole rings is 1. The van der Waals surface area contributed by atoms with Crippen LogP contribution in [0, 0.1) is 0 Å². The van der Waals surface area contributed by atoms with Crippen molar-refractivity contribution in [3.63, 3.8) is 0 Å². The molecule has 1 saturated heterocycles. The second kappa shape index (κ2) is 16.4. The van der Waals surface area contributed by atoms with Crippen LogP contribution in [0.5, 0.6) is 0 Å². The van der Waals surface area contributed by atoms with Gasteiger partial charge in [-0.15, -0.1) is 5.10 Å². The zero-order valence-corrected chi connectivity index (χ0v) is 29.8. The molecule has 0 radical (unpaired) electrons. The van der Waals surface area contributed by atoms with E-state index in [0.29, 0.717) is 35.7 Å². The Morgan fingerprint density at radius 2 is 1.50 bits per heavy atom. The largest absolute Gasteiger partial charge is 0.456 e. The van der Waals surface area contributed by atoms with Crippen molar-refractivity contribution in [1.82, 2.24) is 35.3 Å². The molecule has 1 atom stereocenters. The van der Waals surface area contributed by atoms with Crippen LogP contribution in [0.15, 0.2) is 73.1 Å². The lowest BCUT2D eigenvalue weighted by Crippen LogP contribution is -2.49. The first-order chi connectivity index (χ1) is 24.7. The summed E-state index contributed by atoms with van der Waals surface area (Å²) in [6.45, 7) is 8.08. The van der Waals surface area contributed by atoms with Gasteiger partial charge in [-0.05, 0) is 98.4 Å². The number of benzene rings is 3. The lowest BCUT2D eigenvalue weighted by atomic mass is 10.0. The van der Waals surface area contributed by atoms with Crippen molar-refractivity contribution in [2.45, 2.75) is 38.8 Å². The minimum atomic E-state index is -1.23. The van der Waals surface area contributed by atoms with E-state index in [4.69, 9.17) is 16.3 Å². The van der Waals surface area contributed by atoms with Gasteiger partial charge < -0.3 is 35.8 Å². The van der Waals surface area contributed by atoms with E-state index in [0.717, 1.165) is 13.1 Å². The number of likely N-dealkylation sites (N-methyl/N-ethyl adjacent to an activating group) is 1. The summed E-state index contributed by atoms with van der Waals surface area (Å²) in [6.07, 6.45) is 1.29. The van der Waals surface area contributed by atoms with Gasteiger partial charge in [0.1, 0.15) is 18.0 Å². The van der Waals surface area contributed by atoms with E-state index in [9.17, 15) is 24.0 Å². The first-order valence-electron chi connectivity index (χ1n) is 16.4. The fourth-order valence-electron chi connectivity index (χ4n) is 5.12. The summed E-state index contributed by atoms with van der Waals surface area (Å²) in [4.78, 5) is 69.2. The van der Waals surface area contributed by atoms with E-state index in [1.807, 2.05) is 7.05 Å². The van der Waals surface area contributed by atoms with Crippen LogP contribution in [-0.4, -0.2) is 105 Å². The van der Waals surface area contributed by atoms with Crippen molar-refractivity contribution in [3.05, 3.63) is 89.2 Å². The van der Waals surface area contributed by atoms with Gasteiger partial charge in [0.25, 0.3) is 0 Å². The number of ether oxygens (including phenoxy) is 1. The molecule has 16 nitrogen and oxygen atoms in total. The lowest BCUT2D eigenvalue weighted by Gasteiger charge is -2.32. The van der Waals surface area contributed by atoms with Crippen molar-refractivity contribution in [2.24, 2.45) is 0 Å². The molecular formula is C35H39ClN10O6. The number of urea groups is 1. The van der Waals surface area contributed by atoms with Gasteiger partial charge in [-0.2, -0.15) is 4.68 Å². The topological polar surface area (TPSA) is 193 Å². The third-order valence-electron chi connectivity index (χ3n) is 7.85. The molecule has 1 aliphatic heterocycles. The Kier molecular flexibility index (Phi) is 11.8. The summed E-state index contributed by atoms with van der Waals surface area (Å²) >= 11 is 6.15. The quantitative estimate of drug-likeness (QED) is 0.147. The molecule has 1 aliphatic rings. The van der Waals surface area contributed by atoms with Crippen LogP contribution in [0.2, 0.25) is 5.02 Å². The smallest absolute Gasteiger partial charge is 0.338 e. The predicted molar refractivity (Wildman–Crippen MR) is 193 cm³/mol. The average Bonchev–Trinajstić information content (AvgIpc) is 3.63. The SMILES string of the molecule is CN1CCN(C(=O)Nc2ccc(C[C@H](NC(=O)C(=O)Nc3cc(Cl)ccc3-n3cnnn3)C(=O)Nc3ccc(C(=O)OC(C)(C)C)cc3)cc2)CC1. The summed E-state index contributed by atoms with van der Waals surface area (Å²) in [7, 11) is 2.01. The highest BCUT2D eigenvalue weighted by molar-refractivity contribution is 6.40. The van der Waals surface area contributed by atoms with E-state index in [1.165, 1.54) is 41.3 Å². The molecule has 17 heteroatoms. The molecule has 0 unspecified atom stereocenters. The number of carbonyl (C=O) groups excluding carboxylic acids is 5. The molecule has 3 aromatic carbocycles. The van der Waals surface area contributed by atoms with Crippen LogP contribution >= 0.6 is 11.6 Å². The minimum absolute atomic E-state index is 0.0133. The molecule has 0 bridgehead atoms. The van der Waals surface area contributed by atoms with Crippen LogP contribution in [0.3, 0.4) is 0 Å². The first-order valence-corrected chi connectivity index (χ1v) is 16.7. The molecule has 1 fully saturated rings. The molecule has 272 valence electrons. The zero-order chi connectivity index (χ0) is 37.4. The Morgan fingerprint density at radius 3 is 2.13 bits per heavy atom. The zero-order valence-electron chi connectivity index (χ0n) is 29.1. The highest BCUT2D eigenvalue weighted by atomic mass is 35.5. The Bertz CT molecular complexity index is 1910. The molecule has 5 amide bonds. The number of aromatic nitrogens is 4. The Morgan fingerprint density at radius 1 is 0.846 bits per heavy atom. The number of carbonyl (C=O) groups is 5. The van der Waals surface area contributed by atoms with Crippen molar-refractivity contribution < 1.29 is 28.7 Å². The van der Waals surface area contributed by atoms with Crippen LogP contribution in [0.25, 0.3) is 5.69 Å². The summed E-state index contributed by atoms with van der Waals surface area (Å²) in [6, 6.07) is 16.0. The summed E-state index contributed by atoms with van der Waals surface area (Å²) in [5.41, 5.74) is 1.64. The predicted octanol–water partition coefficient (Wildman–Crippen LogP) is 3.36. The van der Waals surface area contributed by atoms with Gasteiger partial charge in [0.2, 0.25) is 5.91 Å². The number of esters is 1. The van der Waals surface area contributed by atoms with Crippen molar-refractivity contribution in [2.75, 3.05) is 49.2 Å². The Balaban J connectivity index is 1.30. The maximum absolute atomic E-state index is 13.6. The second-order valence-electron chi connectivity index (χ2n) is 13.1. The van der Waals surface area contributed by atoms with Gasteiger partial charge in [0, 0.05) is 49.0 Å². The van der Waals surface area contributed by atoms with Crippen LogP contribution in [0.4, 0.5) is 21.9 Å². The molecule has 4 aromatic rings. The average molecular weight is 731 g/mol. The number of hydrogen-bond acceptors (Lipinski definition) is 10.